The van der Waals surface area contributed by atoms with Gasteiger partial charge in [0.2, 0.25) is 0 Å². The quantitative estimate of drug-likeness (QED) is 0.0963. The van der Waals surface area contributed by atoms with Crippen LogP contribution in [0.5, 0.6) is 0 Å². The van der Waals surface area contributed by atoms with E-state index in [1.54, 1.807) is 72.8 Å². The van der Waals surface area contributed by atoms with Crippen LogP contribution < -0.4 is 31.4 Å². The van der Waals surface area contributed by atoms with Gasteiger partial charge in [0.25, 0.3) is 0 Å². The largest absolute Gasteiger partial charge is 2.00 e. The Kier molecular flexibility index (Phi) is 21.9. The molecule has 0 unspecified atom stereocenters. The van der Waals surface area contributed by atoms with Gasteiger partial charge in [-0.25, -0.2) is 19.9 Å². The SMILES string of the molecule is CC(C)(C)c1ccc(-c2cc3ncnc(-c4[n-]nc(C(F)(F)F)c4-c4ccccc4)c3o2)cc1.CC(C)(C)c1ccc(-c2cc3ncnc(-c4[n-]nc(C(F)(F)F)c4-c4ccccc4)c3o2)cc1.C[PH+](c1ccccc1)c1ccccc1.C[PH+](c1ccccc1)c1ccccc1.[Os+2]. The molecule has 6 aromatic heterocycles. The Morgan fingerprint density at radius 2 is 0.629 bits per heavy atom. The molecule has 0 bridgehead atoms. The van der Waals surface area contributed by atoms with Crippen molar-refractivity contribution in [1.82, 2.24) is 40.3 Å². The molecule has 0 saturated heterocycles. The predicted octanol–water partition coefficient (Wildman–Crippen LogP) is 18.7. The monoisotopic (exact) mass is 1520 g/mol. The molecule has 6 heterocycles. The van der Waals surface area contributed by atoms with E-state index in [0.717, 1.165) is 11.1 Å². The van der Waals surface area contributed by atoms with Gasteiger partial charge in [0.05, 0.1) is 61.8 Å². The molecule has 0 atom stereocenters. The average molecular weight is 1520 g/mol. The van der Waals surface area contributed by atoms with Crippen molar-refractivity contribution in [2.24, 2.45) is 0 Å². The normalized spacial score (nSPS) is 11.7. The molecule has 0 aliphatic carbocycles. The van der Waals surface area contributed by atoms with Gasteiger partial charge < -0.3 is 29.2 Å². The summed E-state index contributed by atoms with van der Waals surface area (Å²) in [4.78, 5) is 17.0. The molecule has 0 spiro atoms. The first-order chi connectivity index (χ1) is 46.0. The van der Waals surface area contributed by atoms with E-state index in [4.69, 9.17) is 8.83 Å². The number of rotatable bonds is 10. The first-order valence-corrected chi connectivity index (χ1v) is 34.9. The summed E-state index contributed by atoms with van der Waals surface area (Å²) >= 11 is 0. The van der Waals surface area contributed by atoms with Crippen LogP contribution in [0.15, 0.2) is 264 Å². The summed E-state index contributed by atoms with van der Waals surface area (Å²) < 4.78 is 94.7. The van der Waals surface area contributed by atoms with E-state index in [2.05, 4.69) is 217 Å². The molecule has 97 heavy (non-hydrogen) atoms. The van der Waals surface area contributed by atoms with Crippen molar-refractivity contribution in [2.45, 2.75) is 64.7 Å². The van der Waals surface area contributed by atoms with E-state index in [0.29, 0.717) is 33.7 Å². The fraction of sp³-hybridized carbons (Fsp3) is 0.154. The maximum absolute atomic E-state index is 13.8. The number of nitrogens with zero attached hydrogens (tertiary/aromatic N) is 8. The van der Waals surface area contributed by atoms with Gasteiger partial charge in [0.1, 0.15) is 46.6 Å². The van der Waals surface area contributed by atoms with Crippen molar-refractivity contribution in [1.29, 1.82) is 0 Å². The van der Waals surface area contributed by atoms with Crippen molar-refractivity contribution < 1.29 is 55.0 Å². The molecule has 0 aliphatic rings. The van der Waals surface area contributed by atoms with Gasteiger partial charge in [-0.05, 0) is 92.7 Å². The standard InChI is InChI=1S/2C26H20F3N4O.2C13H13P.Os/c2*1-25(2,3)17-11-9-15(10-12-17)19-13-18-23(34-19)22(31-14-30-18)21-20(16-7-5-4-6-8-16)24(33-32-21)26(27,28)29;2*1-14(12-8-4-2-5-9-12)13-10-6-3-7-11-13;/h2*4-14H,1-3H3;2*2-11H,1H3;/q2*-1;;;+2/p+2. The van der Waals surface area contributed by atoms with Crippen LogP contribution in [0, 0.1) is 0 Å². The molecule has 8 aromatic carbocycles. The first kappa shape index (κ1) is 70.3. The summed E-state index contributed by atoms with van der Waals surface area (Å²) in [7, 11) is -1.09. The Morgan fingerprint density at radius 3 is 0.897 bits per heavy atom. The molecule has 10 nitrogen and oxygen atoms in total. The average Bonchev–Trinajstić information content (AvgIpc) is 1.63. The molecular formula is C78H68F6N8O2OsP2+2. The molecule has 0 fully saturated rings. The number of fused-ring (bicyclic) bond motifs is 2. The fourth-order valence-corrected chi connectivity index (χ4v) is 14.2. The van der Waals surface area contributed by atoms with Gasteiger partial charge in [-0.1, -0.05) is 235 Å². The zero-order chi connectivity index (χ0) is 67.8. The molecule has 0 saturated carbocycles. The first-order valence-electron chi connectivity index (χ1n) is 30.9. The van der Waals surface area contributed by atoms with E-state index in [-0.39, 0.29) is 75.7 Å². The molecule has 0 amide bonds. The van der Waals surface area contributed by atoms with Gasteiger partial charge in [-0.2, -0.15) is 26.3 Å². The summed E-state index contributed by atoms with van der Waals surface area (Å²) in [5, 5.41) is 20.6. The van der Waals surface area contributed by atoms with Crippen LogP contribution in [-0.2, 0) is 43.0 Å². The van der Waals surface area contributed by atoms with Crippen molar-refractivity contribution in [3.8, 4) is 67.7 Å². The van der Waals surface area contributed by atoms with Crippen LogP contribution in [0.25, 0.3) is 89.9 Å². The number of benzene rings is 8. The van der Waals surface area contributed by atoms with Crippen molar-refractivity contribution in [3.63, 3.8) is 0 Å². The third-order valence-electron chi connectivity index (χ3n) is 16.1. The number of hydrogen-bond donors (Lipinski definition) is 0. The van der Waals surface area contributed by atoms with Gasteiger partial charge >= 0.3 is 32.1 Å². The smallest absolute Gasteiger partial charge is 0.573 e. The summed E-state index contributed by atoms with van der Waals surface area (Å²) in [6.07, 6.45) is -6.77. The zero-order valence-electron chi connectivity index (χ0n) is 54.3. The van der Waals surface area contributed by atoms with Crippen LogP contribution in [-0.4, -0.2) is 43.5 Å². The second-order valence-electron chi connectivity index (χ2n) is 24.7. The summed E-state index contributed by atoms with van der Waals surface area (Å²) in [6.45, 7) is 17.5. The van der Waals surface area contributed by atoms with Crippen LogP contribution >= 0.6 is 15.8 Å². The number of halogens is 6. The number of furan rings is 2. The Balaban J connectivity index is 0.000000151. The third kappa shape index (κ3) is 16.7. The minimum atomic E-state index is -4.67. The Hall–Kier alpha value is -9.50. The topological polar surface area (TPSA) is 132 Å². The number of alkyl halides is 6. The van der Waals surface area contributed by atoms with Gasteiger partial charge in [0, 0.05) is 23.3 Å². The van der Waals surface area contributed by atoms with E-state index in [1.165, 1.54) is 45.0 Å². The maximum Gasteiger partial charge on any atom is 2.00 e. The van der Waals surface area contributed by atoms with E-state index in [9.17, 15) is 26.3 Å². The molecular weight excluding hydrogens is 1450 g/mol. The molecule has 14 aromatic rings. The van der Waals surface area contributed by atoms with Gasteiger partial charge in [-0.3, -0.25) is 0 Å². The molecule has 0 N–H and O–H groups in total. The van der Waals surface area contributed by atoms with Crippen LogP contribution in [0.3, 0.4) is 0 Å². The summed E-state index contributed by atoms with van der Waals surface area (Å²) in [5.74, 6) is 1.07. The van der Waals surface area contributed by atoms with Gasteiger partial charge in [0.15, 0.2) is 11.2 Å². The van der Waals surface area contributed by atoms with Crippen molar-refractivity contribution >= 4 is 59.3 Å². The fourth-order valence-electron chi connectivity index (χ4n) is 10.8. The third-order valence-corrected chi connectivity index (χ3v) is 20.9. The Bertz CT molecular complexity index is 4440. The molecule has 14 rings (SSSR count). The minimum Gasteiger partial charge on any atom is -0.573 e. The molecule has 19 heteroatoms. The van der Waals surface area contributed by atoms with E-state index >= 15 is 0 Å². The second-order valence-corrected chi connectivity index (χ2v) is 29.5. The van der Waals surface area contributed by atoms with Crippen LogP contribution in [0.4, 0.5) is 26.3 Å². The molecule has 0 aliphatic heterocycles. The summed E-state index contributed by atoms with van der Waals surface area (Å²) in [5.41, 5.74) is 4.02. The van der Waals surface area contributed by atoms with Gasteiger partial charge in [-0.15, -0.1) is 0 Å². The Labute approximate surface area is 574 Å². The molecule has 0 radical (unpaired) electrons. The predicted molar refractivity (Wildman–Crippen MR) is 379 cm³/mol. The molecule has 490 valence electrons. The van der Waals surface area contributed by atoms with E-state index in [1.807, 2.05) is 48.5 Å². The zero-order valence-corrected chi connectivity index (χ0v) is 58.8. The minimum absolute atomic E-state index is 0. The Morgan fingerprint density at radius 1 is 0.351 bits per heavy atom. The summed E-state index contributed by atoms with van der Waals surface area (Å²) in [6, 6.07) is 78.9. The number of aromatic nitrogens is 8. The van der Waals surface area contributed by atoms with Crippen LogP contribution in [0.1, 0.15) is 64.1 Å². The van der Waals surface area contributed by atoms with E-state index < -0.39 is 39.6 Å². The second kappa shape index (κ2) is 30.3. The maximum atomic E-state index is 13.8. The van der Waals surface area contributed by atoms with Crippen molar-refractivity contribution in [2.75, 3.05) is 13.3 Å². The van der Waals surface area contributed by atoms with Crippen molar-refractivity contribution in [3.05, 3.63) is 278 Å². The van der Waals surface area contributed by atoms with Crippen LogP contribution in [0.2, 0.25) is 0 Å². The number of hydrogen-bond acceptors (Lipinski definition) is 8.